The van der Waals surface area contributed by atoms with E-state index in [1.807, 2.05) is 0 Å². The number of unbranched alkanes of at least 4 members (excludes halogenated alkanes) is 10. The molecule has 18 heavy (non-hydrogen) atoms. The summed E-state index contributed by atoms with van der Waals surface area (Å²) >= 11 is 0. The van der Waals surface area contributed by atoms with Gasteiger partial charge in [-0.3, -0.25) is 0 Å². The highest BCUT2D eigenvalue weighted by atomic mass is 16.3. The number of terminal acetylenes is 1. The molecule has 0 amide bonds. The highest BCUT2D eigenvalue weighted by molar-refractivity contribution is 5.15. The van der Waals surface area contributed by atoms with E-state index in [1.165, 1.54) is 57.8 Å². The van der Waals surface area contributed by atoms with Crippen LogP contribution in [0.1, 0.15) is 77.6 Å². The van der Waals surface area contributed by atoms with Crippen LogP contribution in [0.2, 0.25) is 0 Å². The molecule has 1 nitrogen and oxygen atoms in total. The lowest BCUT2D eigenvalue weighted by atomic mass is 10.1. The summed E-state index contributed by atoms with van der Waals surface area (Å²) in [5, 5.41) is 9.01. The third-order valence-corrected chi connectivity index (χ3v) is 3.05. The fourth-order valence-corrected chi connectivity index (χ4v) is 1.91. The van der Waals surface area contributed by atoms with Gasteiger partial charge in [-0.2, -0.15) is 0 Å². The average molecular weight is 248 g/mol. The summed E-state index contributed by atoms with van der Waals surface area (Å²) in [7, 11) is 0. The Morgan fingerprint density at radius 3 is 1.89 bits per heavy atom. The van der Waals surface area contributed by atoms with Crippen LogP contribution in [-0.4, -0.2) is 11.2 Å². The molecule has 0 unspecified atom stereocenters. The molecular weight excluding hydrogens is 220 g/mol. The fourth-order valence-electron chi connectivity index (χ4n) is 1.91. The summed E-state index contributed by atoms with van der Waals surface area (Å²) in [5.74, 6) is 7.74. The molecule has 0 fully saturated rings. The van der Waals surface area contributed by atoms with Crippen molar-refractivity contribution in [3.8, 4) is 24.2 Å². The zero-order chi connectivity index (χ0) is 13.5. The molecule has 1 heteroatoms. The van der Waals surface area contributed by atoms with E-state index in [9.17, 15) is 0 Å². The smallest absolute Gasteiger partial charge is 0.176 e. The third-order valence-electron chi connectivity index (χ3n) is 3.05. The van der Waals surface area contributed by atoms with Crippen molar-refractivity contribution in [2.75, 3.05) is 0 Å². The van der Waals surface area contributed by atoms with Gasteiger partial charge in [0, 0.05) is 6.42 Å². The summed E-state index contributed by atoms with van der Waals surface area (Å²) in [6.07, 6.45) is 18.3. The minimum absolute atomic E-state index is 0.856. The minimum Gasteiger partial charge on any atom is -0.369 e. The predicted octanol–water partition coefficient (Wildman–Crippen LogP) is 4.29. The molecule has 0 aliphatic rings. The minimum atomic E-state index is -0.881. The van der Waals surface area contributed by atoms with E-state index < -0.39 is 6.10 Å². The number of aliphatic hydroxyl groups is 1. The first kappa shape index (κ1) is 17.1. The van der Waals surface area contributed by atoms with Gasteiger partial charge in [-0.15, -0.1) is 6.42 Å². The Bertz CT molecular complexity index is 264. The molecule has 0 aromatic rings. The first-order valence-corrected chi connectivity index (χ1v) is 7.43. The quantitative estimate of drug-likeness (QED) is 0.451. The predicted molar refractivity (Wildman–Crippen MR) is 79.1 cm³/mol. The van der Waals surface area contributed by atoms with Gasteiger partial charge in [-0.25, -0.2) is 0 Å². The maximum absolute atomic E-state index is 9.01. The van der Waals surface area contributed by atoms with Crippen LogP contribution in [-0.2, 0) is 0 Å². The van der Waals surface area contributed by atoms with Crippen LogP contribution in [0, 0.1) is 24.2 Å². The van der Waals surface area contributed by atoms with Gasteiger partial charge in [0.1, 0.15) is 0 Å². The van der Waals surface area contributed by atoms with E-state index in [1.54, 1.807) is 0 Å². The van der Waals surface area contributed by atoms with Gasteiger partial charge >= 0.3 is 0 Å². The topological polar surface area (TPSA) is 20.2 Å². The Hall–Kier alpha value is -0.920. The zero-order valence-corrected chi connectivity index (χ0v) is 11.9. The lowest BCUT2D eigenvalue weighted by molar-refractivity contribution is 0.289. The van der Waals surface area contributed by atoms with Crippen molar-refractivity contribution < 1.29 is 5.11 Å². The molecule has 0 rings (SSSR count). The molecule has 0 aliphatic heterocycles. The molecule has 0 aliphatic carbocycles. The lowest BCUT2D eigenvalue weighted by Crippen LogP contribution is -1.96. The van der Waals surface area contributed by atoms with Crippen molar-refractivity contribution in [2.24, 2.45) is 0 Å². The summed E-state index contributed by atoms with van der Waals surface area (Å²) in [6, 6.07) is 0. The van der Waals surface area contributed by atoms with Crippen molar-refractivity contribution in [3.05, 3.63) is 0 Å². The monoisotopic (exact) mass is 248 g/mol. The molecule has 0 saturated carbocycles. The van der Waals surface area contributed by atoms with Crippen molar-refractivity contribution in [2.45, 2.75) is 83.7 Å². The number of hydrogen-bond acceptors (Lipinski definition) is 1. The average Bonchev–Trinajstić information content (AvgIpc) is 2.39. The molecule has 0 radical (unpaired) electrons. The molecule has 102 valence electrons. The first-order valence-electron chi connectivity index (χ1n) is 7.43. The van der Waals surface area contributed by atoms with Gasteiger partial charge in [-0.1, -0.05) is 82.5 Å². The van der Waals surface area contributed by atoms with E-state index in [-0.39, 0.29) is 0 Å². The van der Waals surface area contributed by atoms with Crippen LogP contribution in [0.3, 0.4) is 0 Å². The van der Waals surface area contributed by atoms with E-state index in [2.05, 4.69) is 24.7 Å². The summed E-state index contributed by atoms with van der Waals surface area (Å²) < 4.78 is 0. The lowest BCUT2D eigenvalue weighted by Gasteiger charge is -2.00. The molecule has 0 saturated heterocycles. The summed E-state index contributed by atoms with van der Waals surface area (Å²) in [4.78, 5) is 0. The van der Waals surface area contributed by atoms with Crippen LogP contribution < -0.4 is 0 Å². The molecule has 0 aromatic heterocycles. The van der Waals surface area contributed by atoms with Gasteiger partial charge in [0.05, 0.1) is 0 Å². The number of aliphatic hydroxyl groups excluding tert-OH is 1. The van der Waals surface area contributed by atoms with Crippen molar-refractivity contribution in [1.82, 2.24) is 0 Å². The summed E-state index contributed by atoms with van der Waals surface area (Å²) in [6.45, 7) is 2.26. The second-order valence-corrected chi connectivity index (χ2v) is 4.82. The Balaban J connectivity index is 3.12. The molecule has 1 atom stereocenters. The van der Waals surface area contributed by atoms with E-state index in [0.29, 0.717) is 0 Å². The Morgan fingerprint density at radius 2 is 1.39 bits per heavy atom. The zero-order valence-electron chi connectivity index (χ0n) is 11.9. The Kier molecular flexibility index (Phi) is 13.4. The summed E-state index contributed by atoms with van der Waals surface area (Å²) in [5.41, 5.74) is 0. The van der Waals surface area contributed by atoms with Crippen LogP contribution in [0.4, 0.5) is 0 Å². The highest BCUT2D eigenvalue weighted by Crippen LogP contribution is 2.10. The van der Waals surface area contributed by atoms with Gasteiger partial charge in [-0.05, 0) is 6.42 Å². The van der Waals surface area contributed by atoms with Crippen molar-refractivity contribution in [3.63, 3.8) is 0 Å². The second kappa shape index (κ2) is 14.1. The van der Waals surface area contributed by atoms with Crippen LogP contribution in [0.5, 0.6) is 0 Å². The molecular formula is C17H28O. The van der Waals surface area contributed by atoms with E-state index in [4.69, 9.17) is 11.5 Å². The molecule has 0 heterocycles. The van der Waals surface area contributed by atoms with Gasteiger partial charge in [0.25, 0.3) is 0 Å². The second-order valence-electron chi connectivity index (χ2n) is 4.82. The molecule has 0 spiro atoms. The third kappa shape index (κ3) is 13.1. The van der Waals surface area contributed by atoms with E-state index in [0.717, 1.165) is 12.8 Å². The maximum atomic E-state index is 9.01. The van der Waals surface area contributed by atoms with Gasteiger partial charge in [0.15, 0.2) is 6.10 Å². The number of hydrogen-bond donors (Lipinski definition) is 1. The Morgan fingerprint density at radius 1 is 0.889 bits per heavy atom. The highest BCUT2D eigenvalue weighted by Gasteiger charge is 1.92. The first-order chi connectivity index (χ1) is 8.81. The van der Waals surface area contributed by atoms with Crippen LogP contribution >= 0.6 is 0 Å². The maximum Gasteiger partial charge on any atom is 0.176 e. The van der Waals surface area contributed by atoms with E-state index >= 15 is 0 Å². The molecule has 1 N–H and O–H groups in total. The number of rotatable bonds is 10. The molecule has 0 aromatic carbocycles. The normalized spacial score (nSPS) is 11.4. The van der Waals surface area contributed by atoms with Crippen LogP contribution in [0.15, 0.2) is 0 Å². The van der Waals surface area contributed by atoms with Crippen LogP contribution in [0.25, 0.3) is 0 Å². The largest absolute Gasteiger partial charge is 0.369 e. The van der Waals surface area contributed by atoms with Gasteiger partial charge in [0.2, 0.25) is 0 Å². The Labute approximate surface area is 113 Å². The SMILES string of the molecule is C#C[C@@H](O)C#CCCCCCCCCCCCC. The molecule has 0 bridgehead atoms. The van der Waals surface area contributed by atoms with Gasteiger partial charge < -0.3 is 5.11 Å². The van der Waals surface area contributed by atoms with Crippen molar-refractivity contribution >= 4 is 0 Å². The fraction of sp³-hybridized carbons (Fsp3) is 0.765. The standard InChI is InChI=1S/C17H28O/c1-3-5-6-7-8-9-10-11-12-13-14-15-16-17(18)4-2/h2,17-18H,3,5-14H2,1H3/t17-/m1/s1. The van der Waals surface area contributed by atoms with Crippen molar-refractivity contribution in [1.29, 1.82) is 0 Å².